The molecule has 1 aromatic rings. The van der Waals surface area contributed by atoms with Crippen LogP contribution in [0.25, 0.3) is 0 Å². The SMILES string of the molecule is Cc1cccc(C=O)n1.[PbH2]. The number of nitrogens with zero attached hydrogens (tertiary/aromatic N) is 1. The second-order valence-corrected chi connectivity index (χ2v) is 1.82. The fourth-order valence-electron chi connectivity index (χ4n) is 0.630. The molecule has 0 N–H and O–H groups in total. The van der Waals surface area contributed by atoms with Gasteiger partial charge in [0.1, 0.15) is 5.69 Å². The molecule has 0 amide bonds. The number of hydrogen-bond donors (Lipinski definition) is 0. The Bertz CT molecular complexity index is 225. The Balaban J connectivity index is 0.000000810. The second-order valence-electron chi connectivity index (χ2n) is 1.82. The molecule has 2 nitrogen and oxygen atoms in total. The Hall–Kier alpha value is -0.258. The first-order valence-electron chi connectivity index (χ1n) is 2.72. The van der Waals surface area contributed by atoms with Crippen molar-refractivity contribution in [3.05, 3.63) is 29.6 Å². The van der Waals surface area contributed by atoms with Crippen LogP contribution in [0, 0.1) is 6.92 Å². The summed E-state index contributed by atoms with van der Waals surface area (Å²) in [6, 6.07) is 5.35. The Morgan fingerprint density at radius 2 is 2.20 bits per heavy atom. The van der Waals surface area contributed by atoms with Crippen molar-refractivity contribution >= 4 is 33.6 Å². The second kappa shape index (κ2) is 4.54. The zero-order valence-corrected chi connectivity index (χ0v) is 11.4. The molecule has 0 aliphatic rings. The van der Waals surface area contributed by atoms with Gasteiger partial charge in [-0.2, -0.15) is 0 Å². The number of carbonyl (C=O) groups is 1. The summed E-state index contributed by atoms with van der Waals surface area (Å²) >= 11 is 0. The van der Waals surface area contributed by atoms with Crippen LogP contribution in [0.3, 0.4) is 0 Å². The molecule has 0 spiro atoms. The van der Waals surface area contributed by atoms with Crippen LogP contribution in [-0.2, 0) is 0 Å². The Morgan fingerprint density at radius 3 is 2.60 bits per heavy atom. The molecule has 0 aromatic carbocycles. The maximum atomic E-state index is 10.1. The van der Waals surface area contributed by atoms with Crippen LogP contribution in [0.15, 0.2) is 18.2 Å². The van der Waals surface area contributed by atoms with Gasteiger partial charge in [0.15, 0.2) is 6.29 Å². The predicted octanol–water partition coefficient (Wildman–Crippen LogP) is 0.286. The van der Waals surface area contributed by atoms with E-state index >= 15 is 0 Å². The monoisotopic (exact) mass is 331 g/mol. The van der Waals surface area contributed by atoms with E-state index in [0.717, 1.165) is 12.0 Å². The molecule has 1 aromatic heterocycles. The van der Waals surface area contributed by atoms with Gasteiger partial charge in [0.2, 0.25) is 0 Å². The fourth-order valence-corrected chi connectivity index (χ4v) is 0.630. The average molecular weight is 330 g/mol. The summed E-state index contributed by atoms with van der Waals surface area (Å²) in [5, 5.41) is 0. The quantitative estimate of drug-likeness (QED) is 0.547. The van der Waals surface area contributed by atoms with Gasteiger partial charge in [0.25, 0.3) is 0 Å². The standard InChI is InChI=1S/C7H7NO.Pb.2H/c1-6-3-2-4-7(5-9)8-6;;;/h2-5H,1H3;;;. The van der Waals surface area contributed by atoms with Gasteiger partial charge in [-0.05, 0) is 19.1 Å². The van der Waals surface area contributed by atoms with Crippen molar-refractivity contribution in [1.29, 1.82) is 0 Å². The molecule has 0 aliphatic carbocycles. The van der Waals surface area contributed by atoms with Gasteiger partial charge in [0, 0.05) is 5.69 Å². The molecule has 3 heteroatoms. The van der Waals surface area contributed by atoms with E-state index in [1.54, 1.807) is 6.07 Å². The molecule has 0 unspecified atom stereocenters. The van der Waals surface area contributed by atoms with Crippen LogP contribution < -0.4 is 0 Å². The molecule has 0 bridgehead atoms. The van der Waals surface area contributed by atoms with E-state index in [1.165, 1.54) is 0 Å². The van der Waals surface area contributed by atoms with Crippen LogP contribution >= 0.6 is 0 Å². The van der Waals surface area contributed by atoms with Gasteiger partial charge in [-0.15, -0.1) is 0 Å². The van der Waals surface area contributed by atoms with Crippen molar-refractivity contribution in [2.24, 2.45) is 0 Å². The molecule has 2 radical (unpaired) electrons. The number of aromatic nitrogens is 1. The Labute approximate surface area is 79.8 Å². The van der Waals surface area contributed by atoms with Crippen molar-refractivity contribution in [3.63, 3.8) is 0 Å². The van der Waals surface area contributed by atoms with E-state index in [2.05, 4.69) is 4.98 Å². The molecule has 1 heterocycles. The number of rotatable bonds is 1. The van der Waals surface area contributed by atoms with E-state index in [1.807, 2.05) is 19.1 Å². The van der Waals surface area contributed by atoms with Crippen molar-refractivity contribution in [1.82, 2.24) is 4.98 Å². The molecule has 52 valence electrons. The minimum absolute atomic E-state index is 0. The van der Waals surface area contributed by atoms with E-state index in [9.17, 15) is 4.79 Å². The van der Waals surface area contributed by atoms with Crippen LogP contribution in [0.1, 0.15) is 16.2 Å². The van der Waals surface area contributed by atoms with E-state index < -0.39 is 0 Å². The summed E-state index contributed by atoms with van der Waals surface area (Å²) in [5.74, 6) is 0. The summed E-state index contributed by atoms with van der Waals surface area (Å²) in [6.45, 7) is 1.85. The van der Waals surface area contributed by atoms with Crippen molar-refractivity contribution < 1.29 is 4.79 Å². The van der Waals surface area contributed by atoms with Gasteiger partial charge in [-0.1, -0.05) is 6.07 Å². The summed E-state index contributed by atoms with van der Waals surface area (Å²) in [5.41, 5.74) is 1.37. The van der Waals surface area contributed by atoms with E-state index in [4.69, 9.17) is 0 Å². The van der Waals surface area contributed by atoms with Crippen LogP contribution in [-0.4, -0.2) is 38.6 Å². The number of pyridine rings is 1. The van der Waals surface area contributed by atoms with Crippen LogP contribution in [0.5, 0.6) is 0 Å². The third kappa shape index (κ3) is 2.55. The fraction of sp³-hybridized carbons (Fsp3) is 0.143. The summed E-state index contributed by atoms with van der Waals surface area (Å²) in [6.07, 6.45) is 0.743. The normalized spacial score (nSPS) is 8.10. The predicted molar refractivity (Wildman–Crippen MR) is 42.9 cm³/mol. The molecule has 1 rings (SSSR count). The van der Waals surface area contributed by atoms with Gasteiger partial charge >= 0.3 is 27.3 Å². The summed E-state index contributed by atoms with van der Waals surface area (Å²) in [4.78, 5) is 14.0. The van der Waals surface area contributed by atoms with Gasteiger partial charge in [0.05, 0.1) is 0 Å². The third-order valence-electron chi connectivity index (χ3n) is 1.03. The van der Waals surface area contributed by atoms with Crippen LogP contribution in [0.4, 0.5) is 0 Å². The Kier molecular flexibility index (Phi) is 4.42. The topological polar surface area (TPSA) is 30.0 Å². The molecule has 0 atom stereocenters. The molecular formula is C7H9NOPb. The van der Waals surface area contributed by atoms with Crippen molar-refractivity contribution in [2.45, 2.75) is 6.92 Å². The number of hydrogen-bond acceptors (Lipinski definition) is 2. The molecule has 0 aliphatic heterocycles. The first kappa shape index (κ1) is 9.74. The first-order chi connectivity index (χ1) is 4.33. The van der Waals surface area contributed by atoms with Crippen molar-refractivity contribution in [2.75, 3.05) is 0 Å². The molecule has 0 fully saturated rings. The molecular weight excluding hydrogens is 321 g/mol. The average Bonchev–Trinajstić information content (AvgIpc) is 1.88. The van der Waals surface area contributed by atoms with E-state index in [-0.39, 0.29) is 27.3 Å². The number of aryl methyl sites for hydroxylation is 1. The molecule has 0 saturated carbocycles. The number of carbonyl (C=O) groups excluding carboxylic acids is 1. The molecule has 10 heavy (non-hydrogen) atoms. The zero-order valence-electron chi connectivity index (χ0n) is 5.87. The third-order valence-corrected chi connectivity index (χ3v) is 1.03. The van der Waals surface area contributed by atoms with Crippen LogP contribution in [0.2, 0.25) is 0 Å². The number of aldehydes is 1. The molecule has 0 saturated heterocycles. The first-order valence-corrected chi connectivity index (χ1v) is 2.72. The Morgan fingerprint density at radius 1 is 1.50 bits per heavy atom. The van der Waals surface area contributed by atoms with Crippen molar-refractivity contribution in [3.8, 4) is 0 Å². The minimum atomic E-state index is 0. The maximum absolute atomic E-state index is 10.1. The van der Waals surface area contributed by atoms with Gasteiger partial charge in [-0.3, -0.25) is 9.78 Å². The van der Waals surface area contributed by atoms with Gasteiger partial charge in [-0.25, -0.2) is 0 Å². The zero-order chi connectivity index (χ0) is 6.69. The van der Waals surface area contributed by atoms with Gasteiger partial charge < -0.3 is 0 Å². The van der Waals surface area contributed by atoms with E-state index in [0.29, 0.717) is 5.69 Å². The summed E-state index contributed by atoms with van der Waals surface area (Å²) in [7, 11) is 0. The summed E-state index contributed by atoms with van der Waals surface area (Å²) < 4.78 is 0.